The number of allylic oxidation sites excluding steroid dienone is 1. The molecule has 0 radical (unpaired) electrons. The monoisotopic (exact) mass is 567 g/mol. The topological polar surface area (TPSA) is 83.6 Å². The first-order valence-electron chi connectivity index (χ1n) is 15.0. The Labute approximate surface area is 248 Å². The number of aliphatic hydroxyl groups is 1. The van der Waals surface area contributed by atoms with Crippen LogP contribution in [0.1, 0.15) is 73.4 Å². The number of hydrogen-bond acceptors (Lipinski definition) is 6. The largest absolute Gasteiger partial charge is 0.506 e. The predicted molar refractivity (Wildman–Crippen MR) is 168 cm³/mol. The molecule has 5 heterocycles. The molecule has 0 bridgehead atoms. The molecule has 9 rings (SSSR count). The first kappa shape index (κ1) is 24.8. The zero-order valence-electron chi connectivity index (χ0n) is 24.7. The van der Waals surface area contributed by atoms with Crippen molar-refractivity contribution < 1.29 is 18.7 Å². The third-order valence-corrected chi connectivity index (χ3v) is 10.1. The van der Waals surface area contributed by atoms with Gasteiger partial charge in [0.05, 0.1) is 0 Å². The Morgan fingerprint density at radius 1 is 0.907 bits per heavy atom. The standard InChI is InChI=1S/C36H30N4O3/c1-35(2)13-15-39-16-14-36(3,4)27-28(39)23(35)18-19-17-22-32-37-24-11-7-8-12-25(24)40(32)33(38-34(22)43-31(19)27)26-29(41)20-9-5-6-10-21(20)30(26)42/h5-12,17-18H,13-16H2,1-4H3/p+1. The lowest BCUT2D eigenvalue weighted by molar-refractivity contribution is -0.486. The van der Waals surface area contributed by atoms with Crippen LogP contribution in [0.4, 0.5) is 5.69 Å². The van der Waals surface area contributed by atoms with E-state index in [-0.39, 0.29) is 27.9 Å². The van der Waals surface area contributed by atoms with E-state index in [4.69, 9.17) is 14.4 Å². The molecule has 212 valence electrons. The van der Waals surface area contributed by atoms with Gasteiger partial charge in [-0.05, 0) is 53.5 Å². The maximum absolute atomic E-state index is 13.8. The molecule has 43 heavy (non-hydrogen) atoms. The fourth-order valence-electron chi connectivity index (χ4n) is 7.61. The van der Waals surface area contributed by atoms with Gasteiger partial charge >= 0.3 is 5.71 Å². The van der Waals surface area contributed by atoms with Crippen LogP contribution in [0.3, 0.4) is 0 Å². The first-order valence-corrected chi connectivity index (χ1v) is 15.0. The Hall–Kier alpha value is -4.78. The van der Waals surface area contributed by atoms with Crippen molar-refractivity contribution >= 4 is 61.6 Å². The smallest absolute Gasteiger partial charge is 0.310 e. The van der Waals surface area contributed by atoms with Gasteiger partial charge in [-0.15, -0.1) is 0 Å². The van der Waals surface area contributed by atoms with E-state index in [0.29, 0.717) is 28.3 Å². The Bertz CT molecular complexity index is 2290. The molecule has 3 aromatic carbocycles. The highest BCUT2D eigenvalue weighted by Crippen LogP contribution is 2.52. The number of imidazole rings is 1. The molecule has 3 aliphatic rings. The van der Waals surface area contributed by atoms with Gasteiger partial charge in [0.2, 0.25) is 5.78 Å². The molecule has 1 N–H and O–H groups in total. The third kappa shape index (κ3) is 3.14. The van der Waals surface area contributed by atoms with Crippen molar-refractivity contribution in [3.63, 3.8) is 0 Å². The number of rotatable bonds is 1. The number of benzene rings is 3. The number of aromatic nitrogens is 3. The van der Waals surface area contributed by atoms with Gasteiger partial charge in [0, 0.05) is 40.9 Å². The highest BCUT2D eigenvalue weighted by atomic mass is 16.3. The number of hydrogen-bond donors (Lipinski definition) is 1. The van der Waals surface area contributed by atoms with E-state index in [1.807, 2.05) is 40.8 Å². The third-order valence-electron chi connectivity index (χ3n) is 10.1. The molecule has 0 spiro atoms. The first-order chi connectivity index (χ1) is 20.6. The zero-order chi connectivity index (χ0) is 29.4. The van der Waals surface area contributed by atoms with E-state index < -0.39 is 0 Å². The van der Waals surface area contributed by atoms with Crippen LogP contribution in [0.2, 0.25) is 0 Å². The normalized spacial score (nSPS) is 18.7. The lowest BCUT2D eigenvalue weighted by atomic mass is 9.69. The second-order valence-corrected chi connectivity index (χ2v) is 13.6. The van der Waals surface area contributed by atoms with Gasteiger partial charge in [0.25, 0.3) is 11.5 Å². The molecule has 0 amide bonds. The summed E-state index contributed by atoms with van der Waals surface area (Å²) in [5.41, 5.74) is 8.43. The Kier molecular flexibility index (Phi) is 4.60. The molecule has 0 atom stereocenters. The van der Waals surface area contributed by atoms with Crippen molar-refractivity contribution in [3.8, 4) is 0 Å². The van der Waals surface area contributed by atoms with Gasteiger partial charge in [-0.1, -0.05) is 74.1 Å². The highest BCUT2D eigenvalue weighted by molar-refractivity contribution is 6.38. The average molecular weight is 568 g/mol. The lowest BCUT2D eigenvalue weighted by Crippen LogP contribution is -2.44. The van der Waals surface area contributed by atoms with Crippen LogP contribution in [0.15, 0.2) is 65.1 Å². The Balaban J connectivity index is 1.44. The van der Waals surface area contributed by atoms with Gasteiger partial charge in [-0.25, -0.2) is 0 Å². The molecule has 7 nitrogen and oxygen atoms in total. The second-order valence-electron chi connectivity index (χ2n) is 13.6. The molecule has 7 heteroatoms. The summed E-state index contributed by atoms with van der Waals surface area (Å²) in [5, 5.41) is 13.2. The van der Waals surface area contributed by atoms with Crippen molar-refractivity contribution in [1.82, 2.24) is 9.97 Å². The number of carbonyl (C=O) groups excluding carboxylic acids is 1. The minimum Gasteiger partial charge on any atom is -0.506 e. The molecule has 1 aliphatic carbocycles. The summed E-state index contributed by atoms with van der Waals surface area (Å²) in [6.45, 7) is 11.4. The number of aliphatic hydroxyl groups excluding tert-OH is 1. The zero-order valence-corrected chi connectivity index (χ0v) is 24.7. The lowest BCUT2D eigenvalue weighted by Gasteiger charge is -2.48. The van der Waals surface area contributed by atoms with Crippen LogP contribution >= 0.6 is 0 Å². The SMILES string of the molecule is CC1(C)CCN2CCC(C)(C)c3c2c1cc1cc2c(nc(C4=C(O)c5ccccc5C4=O)[n+]4c5ccccc5nc24)oc31. The fourth-order valence-corrected chi connectivity index (χ4v) is 7.61. The summed E-state index contributed by atoms with van der Waals surface area (Å²) in [6, 6.07) is 19.4. The minimum absolute atomic E-state index is 0.0401. The van der Waals surface area contributed by atoms with Crippen LogP contribution in [-0.4, -0.2) is 33.9 Å². The molecule has 6 aromatic rings. The molecule has 0 saturated carbocycles. The van der Waals surface area contributed by atoms with E-state index in [2.05, 4.69) is 44.7 Å². The number of carbonyl (C=O) groups is 1. The molecule has 0 unspecified atom stereocenters. The number of para-hydroxylation sites is 2. The second kappa shape index (κ2) is 7.98. The summed E-state index contributed by atoms with van der Waals surface area (Å²) in [5.74, 6) is -0.00916. The highest BCUT2D eigenvalue weighted by Gasteiger charge is 2.43. The average Bonchev–Trinajstić information content (AvgIpc) is 3.50. The number of nitrogens with zero attached hydrogens (tertiary/aromatic N) is 4. The van der Waals surface area contributed by atoms with Crippen LogP contribution in [0, 0.1) is 0 Å². The summed E-state index contributed by atoms with van der Waals surface area (Å²) < 4.78 is 8.76. The molecule has 0 fully saturated rings. The van der Waals surface area contributed by atoms with Crippen LogP contribution in [0.5, 0.6) is 0 Å². The van der Waals surface area contributed by atoms with Crippen LogP contribution < -0.4 is 9.30 Å². The number of anilines is 1. The number of ketones is 1. The number of Topliss-reactive ketones (excluding diaryl/α,β-unsaturated/α-hetero) is 1. The molecule has 2 aliphatic heterocycles. The van der Waals surface area contributed by atoms with Gasteiger partial charge in [0.15, 0.2) is 11.0 Å². The maximum Gasteiger partial charge on any atom is 0.310 e. The Morgan fingerprint density at radius 2 is 1.63 bits per heavy atom. The van der Waals surface area contributed by atoms with E-state index in [1.165, 1.54) is 16.8 Å². The van der Waals surface area contributed by atoms with Crippen molar-refractivity contribution in [3.05, 3.63) is 88.7 Å². The molecular formula is C36H31N4O3+. The fraction of sp³-hybridized carbons (Fsp3) is 0.278. The van der Waals surface area contributed by atoms with Gasteiger partial charge < -0.3 is 14.4 Å². The van der Waals surface area contributed by atoms with Crippen LogP contribution in [0.25, 0.3) is 50.1 Å². The van der Waals surface area contributed by atoms with Gasteiger partial charge in [-0.3, -0.25) is 4.79 Å². The quantitative estimate of drug-likeness (QED) is 0.169. The van der Waals surface area contributed by atoms with Crippen LogP contribution in [-0.2, 0) is 10.8 Å². The van der Waals surface area contributed by atoms with Crippen molar-refractivity contribution in [2.45, 2.75) is 51.4 Å². The predicted octanol–water partition coefficient (Wildman–Crippen LogP) is 7.06. The Morgan fingerprint density at radius 3 is 2.42 bits per heavy atom. The molecule has 3 aromatic heterocycles. The van der Waals surface area contributed by atoms with Crippen molar-refractivity contribution in [2.24, 2.45) is 0 Å². The van der Waals surface area contributed by atoms with Gasteiger partial charge in [0.1, 0.15) is 22.3 Å². The minimum atomic E-state index is -0.261. The summed E-state index contributed by atoms with van der Waals surface area (Å²) in [4.78, 5) is 26.4. The van der Waals surface area contributed by atoms with Crippen molar-refractivity contribution in [1.29, 1.82) is 0 Å². The molecule has 0 saturated heterocycles. The van der Waals surface area contributed by atoms with E-state index in [9.17, 15) is 9.90 Å². The summed E-state index contributed by atoms with van der Waals surface area (Å²) in [6.07, 6.45) is 2.13. The summed E-state index contributed by atoms with van der Waals surface area (Å²) >= 11 is 0. The van der Waals surface area contributed by atoms with E-state index in [1.54, 1.807) is 12.1 Å². The van der Waals surface area contributed by atoms with Crippen molar-refractivity contribution in [2.75, 3.05) is 18.0 Å². The number of fused-ring (bicyclic) bond motifs is 8. The van der Waals surface area contributed by atoms with E-state index in [0.717, 1.165) is 53.3 Å². The van der Waals surface area contributed by atoms with Gasteiger partial charge in [-0.2, -0.15) is 4.40 Å². The van der Waals surface area contributed by atoms with E-state index >= 15 is 0 Å². The maximum atomic E-state index is 13.8. The summed E-state index contributed by atoms with van der Waals surface area (Å²) in [7, 11) is 0. The molecular weight excluding hydrogens is 536 g/mol.